The average molecular weight is 379 g/mol. The SMILES string of the molecule is N#Cc1c(N)[nH]c(=O)c(C#N)c1-c1ccccc1Sc1ccccc1Cl. The van der Waals surface area contributed by atoms with Crippen LogP contribution in [0.2, 0.25) is 5.02 Å². The molecule has 5 nitrogen and oxygen atoms in total. The molecule has 0 spiro atoms. The van der Waals surface area contributed by atoms with Crippen LogP contribution in [0.4, 0.5) is 5.82 Å². The molecule has 3 rings (SSSR count). The van der Waals surface area contributed by atoms with Gasteiger partial charge in [0.2, 0.25) is 0 Å². The van der Waals surface area contributed by atoms with Gasteiger partial charge in [-0.15, -0.1) is 0 Å². The molecule has 0 bridgehead atoms. The van der Waals surface area contributed by atoms with Crippen LogP contribution in [0.25, 0.3) is 11.1 Å². The van der Waals surface area contributed by atoms with Gasteiger partial charge in [0.05, 0.1) is 5.02 Å². The summed E-state index contributed by atoms with van der Waals surface area (Å²) in [7, 11) is 0. The molecule has 0 unspecified atom stereocenters. The van der Waals surface area contributed by atoms with Gasteiger partial charge in [0.1, 0.15) is 29.1 Å². The van der Waals surface area contributed by atoms with Crippen LogP contribution in [0.3, 0.4) is 0 Å². The third kappa shape index (κ3) is 3.16. The van der Waals surface area contributed by atoms with Gasteiger partial charge in [-0.25, -0.2) is 0 Å². The van der Waals surface area contributed by atoms with Gasteiger partial charge in [-0.2, -0.15) is 10.5 Å². The number of nitrogens with zero attached hydrogens (tertiary/aromatic N) is 2. The molecule has 0 aliphatic rings. The lowest BCUT2D eigenvalue weighted by molar-refractivity contribution is 1.20. The first-order valence-corrected chi connectivity index (χ1v) is 8.64. The van der Waals surface area contributed by atoms with Crippen LogP contribution in [0.1, 0.15) is 11.1 Å². The summed E-state index contributed by atoms with van der Waals surface area (Å²) in [6.45, 7) is 0. The van der Waals surface area contributed by atoms with Crippen molar-refractivity contribution in [2.24, 2.45) is 0 Å². The second-order valence-corrected chi connectivity index (χ2v) is 6.74. The fourth-order valence-corrected chi connectivity index (χ4v) is 3.75. The van der Waals surface area contributed by atoms with Crippen molar-refractivity contribution in [3.8, 4) is 23.3 Å². The number of halogens is 1. The maximum Gasteiger partial charge on any atom is 0.268 e. The highest BCUT2D eigenvalue weighted by atomic mass is 35.5. The van der Waals surface area contributed by atoms with Crippen molar-refractivity contribution in [1.82, 2.24) is 4.98 Å². The number of anilines is 1. The standard InChI is InChI=1S/C19H11ClN4OS/c20-14-6-2-4-8-16(14)26-15-7-3-1-5-11(15)17-12(9-21)18(23)24-19(25)13(17)10-22/h1-8H,(H3,23,24,25). The monoisotopic (exact) mass is 378 g/mol. The van der Waals surface area contributed by atoms with Gasteiger partial charge in [0, 0.05) is 15.4 Å². The first-order chi connectivity index (χ1) is 12.6. The van der Waals surface area contributed by atoms with Crippen molar-refractivity contribution >= 4 is 29.2 Å². The quantitative estimate of drug-likeness (QED) is 0.711. The van der Waals surface area contributed by atoms with E-state index >= 15 is 0 Å². The van der Waals surface area contributed by atoms with E-state index in [9.17, 15) is 15.3 Å². The van der Waals surface area contributed by atoms with Crippen LogP contribution < -0.4 is 11.3 Å². The van der Waals surface area contributed by atoms with Crippen LogP contribution in [0.5, 0.6) is 0 Å². The van der Waals surface area contributed by atoms with Crippen molar-refractivity contribution < 1.29 is 0 Å². The highest BCUT2D eigenvalue weighted by molar-refractivity contribution is 7.99. The molecule has 126 valence electrons. The number of hydrogen-bond donors (Lipinski definition) is 2. The highest BCUT2D eigenvalue weighted by Crippen LogP contribution is 2.40. The van der Waals surface area contributed by atoms with Gasteiger partial charge in [0.25, 0.3) is 5.56 Å². The first-order valence-electron chi connectivity index (χ1n) is 7.44. The fourth-order valence-electron chi connectivity index (χ4n) is 2.52. The molecule has 2 aromatic carbocycles. The maximum absolute atomic E-state index is 12.2. The Balaban J connectivity index is 2.28. The Morgan fingerprint density at radius 3 is 2.23 bits per heavy atom. The summed E-state index contributed by atoms with van der Waals surface area (Å²) in [5.74, 6) is -0.0657. The number of rotatable bonds is 3. The zero-order valence-corrected chi connectivity index (χ0v) is 14.9. The molecule has 3 aromatic rings. The van der Waals surface area contributed by atoms with E-state index in [1.165, 1.54) is 11.8 Å². The molecule has 1 heterocycles. The number of nitrogens with one attached hydrogen (secondary N) is 1. The van der Waals surface area contributed by atoms with E-state index in [1.807, 2.05) is 42.5 Å². The van der Waals surface area contributed by atoms with Gasteiger partial charge in [0.15, 0.2) is 0 Å². The molecule has 0 saturated carbocycles. The summed E-state index contributed by atoms with van der Waals surface area (Å²) in [6.07, 6.45) is 0. The molecule has 0 radical (unpaired) electrons. The van der Waals surface area contributed by atoms with Crippen molar-refractivity contribution in [2.75, 3.05) is 5.73 Å². The number of nitrogens with two attached hydrogens (primary N) is 1. The lowest BCUT2D eigenvalue weighted by Gasteiger charge is -2.13. The summed E-state index contributed by atoms with van der Waals surface area (Å²) in [5.41, 5.74) is 5.89. The van der Waals surface area contributed by atoms with E-state index in [1.54, 1.807) is 18.2 Å². The number of aromatic amines is 1. The summed E-state index contributed by atoms with van der Waals surface area (Å²) in [6, 6.07) is 18.4. The highest BCUT2D eigenvalue weighted by Gasteiger charge is 2.20. The maximum atomic E-state index is 12.2. The van der Waals surface area contributed by atoms with E-state index in [4.69, 9.17) is 17.3 Å². The third-order valence-electron chi connectivity index (χ3n) is 3.68. The minimum absolute atomic E-state index is 0.0633. The smallest absolute Gasteiger partial charge is 0.268 e. The molecule has 7 heteroatoms. The Labute approximate surface area is 158 Å². The molecule has 0 aliphatic carbocycles. The van der Waals surface area contributed by atoms with Gasteiger partial charge in [-0.3, -0.25) is 4.79 Å². The van der Waals surface area contributed by atoms with E-state index < -0.39 is 5.56 Å². The van der Waals surface area contributed by atoms with Crippen LogP contribution in [-0.2, 0) is 0 Å². The summed E-state index contributed by atoms with van der Waals surface area (Å²) < 4.78 is 0. The van der Waals surface area contributed by atoms with Crippen LogP contribution in [0, 0.1) is 22.7 Å². The molecule has 0 amide bonds. The van der Waals surface area contributed by atoms with Crippen LogP contribution in [0.15, 0.2) is 63.1 Å². The number of aromatic nitrogens is 1. The predicted octanol–water partition coefficient (Wildman–Crippen LogP) is 4.17. The number of nitriles is 2. The number of pyridine rings is 1. The van der Waals surface area contributed by atoms with Crippen molar-refractivity contribution in [1.29, 1.82) is 10.5 Å². The van der Waals surface area contributed by atoms with E-state index in [0.717, 1.165) is 9.79 Å². The van der Waals surface area contributed by atoms with E-state index in [0.29, 0.717) is 10.6 Å². The molecule has 3 N–H and O–H groups in total. The van der Waals surface area contributed by atoms with Crippen molar-refractivity contribution in [3.63, 3.8) is 0 Å². The van der Waals surface area contributed by atoms with Gasteiger partial charge in [-0.1, -0.05) is 53.7 Å². The molecular weight excluding hydrogens is 368 g/mol. The zero-order chi connectivity index (χ0) is 18.7. The van der Waals surface area contributed by atoms with E-state index in [-0.39, 0.29) is 22.5 Å². The Morgan fingerprint density at radius 1 is 0.962 bits per heavy atom. The van der Waals surface area contributed by atoms with E-state index in [2.05, 4.69) is 4.98 Å². The normalized spacial score (nSPS) is 10.1. The lowest BCUT2D eigenvalue weighted by Crippen LogP contribution is -2.16. The number of nitrogen functional groups attached to an aromatic ring is 1. The largest absolute Gasteiger partial charge is 0.384 e. The minimum Gasteiger partial charge on any atom is -0.384 e. The topological polar surface area (TPSA) is 106 Å². The predicted molar refractivity (Wildman–Crippen MR) is 102 cm³/mol. The molecular formula is C19H11ClN4OS. The fraction of sp³-hybridized carbons (Fsp3) is 0. The van der Waals surface area contributed by atoms with Crippen molar-refractivity contribution in [2.45, 2.75) is 9.79 Å². The number of benzene rings is 2. The Morgan fingerprint density at radius 2 is 1.58 bits per heavy atom. The van der Waals surface area contributed by atoms with Crippen LogP contribution >= 0.6 is 23.4 Å². The molecule has 0 atom stereocenters. The summed E-state index contributed by atoms with van der Waals surface area (Å²) >= 11 is 7.62. The third-order valence-corrected chi connectivity index (χ3v) is 5.27. The molecule has 0 aliphatic heterocycles. The number of H-pyrrole nitrogens is 1. The van der Waals surface area contributed by atoms with Gasteiger partial charge in [-0.05, 0) is 23.8 Å². The summed E-state index contributed by atoms with van der Waals surface area (Å²) in [4.78, 5) is 16.1. The average Bonchev–Trinajstić information content (AvgIpc) is 2.63. The number of hydrogen-bond acceptors (Lipinski definition) is 5. The first kappa shape index (κ1) is 17.6. The zero-order valence-electron chi connectivity index (χ0n) is 13.3. The molecule has 26 heavy (non-hydrogen) atoms. The second kappa shape index (κ2) is 7.37. The van der Waals surface area contributed by atoms with Crippen molar-refractivity contribution in [3.05, 3.63) is 75.0 Å². The second-order valence-electron chi connectivity index (χ2n) is 5.25. The lowest BCUT2D eigenvalue weighted by atomic mass is 9.96. The summed E-state index contributed by atoms with van der Waals surface area (Å²) in [5, 5.41) is 19.5. The Hall–Kier alpha value is -3.19. The molecule has 1 aromatic heterocycles. The molecule has 0 saturated heterocycles. The van der Waals surface area contributed by atoms with Gasteiger partial charge < -0.3 is 10.7 Å². The minimum atomic E-state index is -0.628. The van der Waals surface area contributed by atoms with Crippen LogP contribution in [-0.4, -0.2) is 4.98 Å². The Kier molecular flexibility index (Phi) is 4.99. The Bertz CT molecular complexity index is 1140. The van der Waals surface area contributed by atoms with Gasteiger partial charge >= 0.3 is 0 Å². The molecule has 0 fully saturated rings.